The second kappa shape index (κ2) is 17.3. The highest BCUT2D eigenvalue weighted by Gasteiger charge is 2.30. The van der Waals surface area contributed by atoms with E-state index in [0.717, 1.165) is 39.1 Å². The summed E-state index contributed by atoms with van der Waals surface area (Å²) in [6, 6.07) is 10.5. The van der Waals surface area contributed by atoms with Crippen molar-refractivity contribution in [1.82, 2.24) is 24.4 Å². The predicted molar refractivity (Wildman–Crippen MR) is 195 cm³/mol. The summed E-state index contributed by atoms with van der Waals surface area (Å²) in [6.07, 6.45) is 1.32. The Morgan fingerprint density at radius 1 is 1.12 bits per heavy atom. The highest BCUT2D eigenvalue weighted by molar-refractivity contribution is 7.18. The number of fused-ring (bicyclic) bond motifs is 2. The Kier molecular flexibility index (Phi) is 12.9. The lowest BCUT2D eigenvalue weighted by Crippen LogP contribution is -2.44. The summed E-state index contributed by atoms with van der Waals surface area (Å²) in [5.41, 5.74) is 5.39. The quantitative estimate of drug-likeness (QED) is 0.125. The summed E-state index contributed by atoms with van der Waals surface area (Å²) in [5.74, 6) is 1.55. The van der Waals surface area contributed by atoms with Gasteiger partial charge >= 0.3 is 0 Å². The van der Waals surface area contributed by atoms with Gasteiger partial charge in [0.05, 0.1) is 41.7 Å². The number of benzene rings is 1. The van der Waals surface area contributed by atoms with Crippen LogP contribution in [-0.2, 0) is 30.7 Å². The van der Waals surface area contributed by atoms with Crippen LogP contribution in [0.25, 0.3) is 21.3 Å². The second-order valence-corrected chi connectivity index (χ2v) is 13.5. The molecule has 1 unspecified atom stereocenters. The first kappa shape index (κ1) is 37.9. The molecule has 270 valence electrons. The maximum atomic E-state index is 13.9. The van der Waals surface area contributed by atoms with E-state index >= 15 is 0 Å². The summed E-state index contributed by atoms with van der Waals surface area (Å²) < 4.78 is 45.6. The van der Waals surface area contributed by atoms with Crippen molar-refractivity contribution in [2.45, 2.75) is 58.7 Å². The van der Waals surface area contributed by atoms with E-state index in [9.17, 15) is 18.4 Å². The van der Waals surface area contributed by atoms with Gasteiger partial charge in [0.25, 0.3) is 12.0 Å². The predicted octanol–water partition coefficient (Wildman–Crippen LogP) is 6.97. The topological polar surface area (TPSA) is 109 Å². The third kappa shape index (κ3) is 8.96. The minimum atomic E-state index is -2.53. The number of rotatable bonds is 12. The number of ether oxygens (including phenoxy) is 3. The summed E-state index contributed by atoms with van der Waals surface area (Å²) in [5, 5.41) is 2.31. The fraction of sp³-hybridized carbons (Fsp3) is 0.378. The number of methoxy groups -OCH3 is 2. The molecule has 4 aromatic heterocycles. The van der Waals surface area contributed by atoms with E-state index in [1.807, 2.05) is 19.1 Å². The number of thiophene rings is 1. The van der Waals surface area contributed by atoms with Crippen molar-refractivity contribution in [3.8, 4) is 22.8 Å². The Morgan fingerprint density at radius 2 is 1.90 bits per heavy atom. The molecule has 51 heavy (non-hydrogen) atoms. The second-order valence-electron chi connectivity index (χ2n) is 12.2. The highest BCUT2D eigenvalue weighted by atomic mass is 35.5. The van der Waals surface area contributed by atoms with Gasteiger partial charge in [-0.25, -0.2) is 18.7 Å². The monoisotopic (exact) mass is 739 g/mol. The van der Waals surface area contributed by atoms with E-state index < -0.39 is 13.0 Å². The SMILES string of the molecule is COC.COc1cc(CN(CC(F)F)C2CCc3nc(C)n(CCOc4ccc(Cl)cc4-c4cc(C)nc5c(C=O)csc45)c(=O)c3C2)ccn1. The Morgan fingerprint density at radius 3 is 2.63 bits per heavy atom. The number of hydrogen-bond donors (Lipinski definition) is 0. The maximum absolute atomic E-state index is 13.9. The van der Waals surface area contributed by atoms with Crippen molar-refractivity contribution < 1.29 is 27.8 Å². The number of hydrogen-bond acceptors (Lipinski definition) is 10. The highest BCUT2D eigenvalue weighted by Crippen LogP contribution is 2.40. The third-order valence-corrected chi connectivity index (χ3v) is 9.84. The van der Waals surface area contributed by atoms with Crippen LogP contribution < -0.4 is 15.0 Å². The van der Waals surface area contributed by atoms with Gasteiger partial charge in [0.2, 0.25) is 5.88 Å². The molecule has 0 spiro atoms. The van der Waals surface area contributed by atoms with E-state index in [0.29, 0.717) is 58.4 Å². The fourth-order valence-electron chi connectivity index (χ4n) is 6.32. The molecule has 10 nitrogen and oxygen atoms in total. The first-order valence-electron chi connectivity index (χ1n) is 16.3. The average Bonchev–Trinajstić information content (AvgIpc) is 3.52. The van der Waals surface area contributed by atoms with Crippen LogP contribution in [0.3, 0.4) is 0 Å². The molecule has 1 aromatic carbocycles. The molecule has 1 aliphatic rings. The fourth-order valence-corrected chi connectivity index (χ4v) is 7.48. The van der Waals surface area contributed by atoms with Gasteiger partial charge in [0.15, 0.2) is 6.29 Å². The van der Waals surface area contributed by atoms with E-state index in [1.54, 1.807) is 66.5 Å². The minimum absolute atomic E-state index is 0.165. The first-order valence-corrected chi connectivity index (χ1v) is 17.6. The number of halogens is 3. The lowest BCUT2D eigenvalue weighted by Gasteiger charge is -2.35. The summed E-state index contributed by atoms with van der Waals surface area (Å²) >= 11 is 7.85. The van der Waals surface area contributed by atoms with Gasteiger partial charge < -0.3 is 14.2 Å². The zero-order valence-electron chi connectivity index (χ0n) is 29.1. The van der Waals surface area contributed by atoms with Crippen LogP contribution in [0, 0.1) is 13.8 Å². The Hall–Kier alpha value is -4.30. The van der Waals surface area contributed by atoms with E-state index in [4.69, 9.17) is 26.1 Å². The molecule has 0 aliphatic heterocycles. The summed E-state index contributed by atoms with van der Waals surface area (Å²) in [7, 11) is 4.76. The molecule has 0 fully saturated rings. The van der Waals surface area contributed by atoms with Crippen LogP contribution in [0.15, 0.2) is 52.8 Å². The molecule has 0 radical (unpaired) electrons. The van der Waals surface area contributed by atoms with E-state index in [2.05, 4.69) is 14.7 Å². The smallest absolute Gasteiger partial charge is 0.257 e. The van der Waals surface area contributed by atoms with Crippen LogP contribution in [0.1, 0.15) is 45.1 Å². The minimum Gasteiger partial charge on any atom is -0.491 e. The molecular weight excluding hydrogens is 700 g/mol. The molecule has 1 atom stereocenters. The third-order valence-electron chi connectivity index (χ3n) is 8.59. The average molecular weight is 740 g/mol. The van der Waals surface area contributed by atoms with Gasteiger partial charge in [-0.2, -0.15) is 0 Å². The molecule has 0 saturated heterocycles. The number of nitrogens with zero attached hydrogens (tertiary/aromatic N) is 5. The molecule has 0 bridgehead atoms. The maximum Gasteiger partial charge on any atom is 0.257 e. The summed E-state index contributed by atoms with van der Waals surface area (Å²) in [4.78, 5) is 40.7. The Bertz CT molecular complexity index is 2060. The molecule has 5 aromatic rings. The van der Waals surface area contributed by atoms with Gasteiger partial charge in [-0.1, -0.05) is 11.6 Å². The molecule has 0 N–H and O–H groups in total. The van der Waals surface area contributed by atoms with Gasteiger partial charge in [0, 0.05) is 71.9 Å². The number of alkyl halides is 2. The van der Waals surface area contributed by atoms with Crippen molar-refractivity contribution in [2.24, 2.45) is 0 Å². The van der Waals surface area contributed by atoms with E-state index in [-0.39, 0.29) is 31.3 Å². The van der Waals surface area contributed by atoms with Gasteiger partial charge in [-0.15, -0.1) is 11.3 Å². The van der Waals surface area contributed by atoms with Gasteiger partial charge in [-0.3, -0.25) is 24.0 Å². The molecule has 0 amide bonds. The number of carbonyl (C=O) groups is 1. The van der Waals surface area contributed by atoms with Crippen LogP contribution in [0.4, 0.5) is 8.78 Å². The van der Waals surface area contributed by atoms with Crippen molar-refractivity contribution in [1.29, 1.82) is 0 Å². The lowest BCUT2D eigenvalue weighted by atomic mass is 9.91. The van der Waals surface area contributed by atoms with Crippen molar-refractivity contribution in [2.75, 3.05) is 34.5 Å². The molecule has 6 rings (SSSR count). The number of aldehydes is 1. The molecule has 14 heteroatoms. The number of aryl methyl sites for hydroxylation is 3. The van der Waals surface area contributed by atoms with E-state index in [1.165, 1.54) is 18.4 Å². The molecular formula is C37H40ClF2N5O5S. The zero-order chi connectivity index (χ0) is 36.7. The van der Waals surface area contributed by atoms with Crippen molar-refractivity contribution in [3.05, 3.63) is 97.3 Å². The molecule has 4 heterocycles. The summed E-state index contributed by atoms with van der Waals surface area (Å²) in [6.45, 7) is 3.91. The van der Waals surface area contributed by atoms with Crippen LogP contribution >= 0.6 is 22.9 Å². The van der Waals surface area contributed by atoms with Crippen molar-refractivity contribution >= 4 is 39.4 Å². The Labute approximate surface area is 304 Å². The van der Waals surface area contributed by atoms with Gasteiger partial charge in [0.1, 0.15) is 18.2 Å². The zero-order valence-corrected chi connectivity index (χ0v) is 30.7. The van der Waals surface area contributed by atoms with Crippen LogP contribution in [0.2, 0.25) is 5.02 Å². The number of aromatic nitrogens is 4. The first-order chi connectivity index (χ1) is 24.6. The van der Waals surface area contributed by atoms with Gasteiger partial charge in [-0.05, 0) is 69.0 Å². The Balaban J connectivity index is 0.00000162. The number of carbonyl (C=O) groups excluding carboxylic acids is 1. The normalized spacial score (nSPS) is 14.0. The number of pyridine rings is 2. The standard InChI is InChI=1S/C35H34ClF2N5O4S.C2H6O/c1-20-12-27(34-33(40-20)23(18-44)19-48-34)26-14-24(36)4-7-30(26)47-11-10-43-21(2)41-29-6-5-25(15-28(29)35(43)45)42(17-31(37)38)16-22-8-9-39-32(13-22)46-3;1-3-2/h4,7-9,12-14,18-19,25,31H,5-6,10-11,15-17H2,1-3H3;1-2H3. The largest absolute Gasteiger partial charge is 0.491 e. The molecule has 1 aliphatic carbocycles. The van der Waals surface area contributed by atoms with Crippen molar-refractivity contribution in [3.63, 3.8) is 0 Å². The lowest BCUT2D eigenvalue weighted by molar-refractivity contribution is 0.0561. The van der Waals surface area contributed by atoms with Crippen LogP contribution in [-0.4, -0.2) is 77.7 Å². The van der Waals surface area contributed by atoms with Crippen LogP contribution in [0.5, 0.6) is 11.6 Å². The molecule has 0 saturated carbocycles.